The smallest absolute Gasteiger partial charge is 0.411 e. The highest BCUT2D eigenvalue weighted by atomic mass is 32.2. The zero-order valence-electron chi connectivity index (χ0n) is 35.0. The minimum absolute atomic E-state index is 0.0189. The van der Waals surface area contributed by atoms with Crippen molar-refractivity contribution in [3.05, 3.63) is 89.7 Å². The number of hydrogen-bond donors (Lipinski definition) is 2. The number of amides is 3. The van der Waals surface area contributed by atoms with Crippen LogP contribution in [-0.4, -0.2) is 104 Å². The fourth-order valence-electron chi connectivity index (χ4n) is 6.71. The number of aliphatic hydroxyl groups excluding tert-OH is 1. The summed E-state index contributed by atoms with van der Waals surface area (Å²) in [4.78, 5) is 48.8. The minimum Gasteiger partial charge on any atom is -0.444 e. The number of thiazole rings is 1. The van der Waals surface area contributed by atoms with Crippen molar-refractivity contribution in [1.82, 2.24) is 19.1 Å². The number of carbonyl (C=O) groups is 3. The summed E-state index contributed by atoms with van der Waals surface area (Å²) in [5.41, 5.74) is 5.61. The van der Waals surface area contributed by atoms with Gasteiger partial charge in [0.15, 0.2) is 4.34 Å². The Morgan fingerprint density at radius 2 is 1.59 bits per heavy atom. The Bertz CT molecular complexity index is 2240. The third-order valence-corrected chi connectivity index (χ3v) is 13.3. The average molecular weight is 874 g/mol. The van der Waals surface area contributed by atoms with Crippen LogP contribution >= 0.6 is 11.3 Å². The summed E-state index contributed by atoms with van der Waals surface area (Å²) >= 11 is 1.12. The molecule has 0 spiro atoms. The molecule has 0 bridgehead atoms. The van der Waals surface area contributed by atoms with Crippen molar-refractivity contribution >= 4 is 60.3 Å². The van der Waals surface area contributed by atoms with Crippen molar-refractivity contribution in [2.45, 2.75) is 101 Å². The van der Waals surface area contributed by atoms with E-state index in [-0.39, 0.29) is 30.3 Å². The van der Waals surface area contributed by atoms with Gasteiger partial charge in [-0.1, -0.05) is 77.1 Å². The Morgan fingerprint density at radius 3 is 2.15 bits per heavy atom. The van der Waals surface area contributed by atoms with Crippen LogP contribution in [0.1, 0.15) is 66.5 Å². The third-order valence-electron chi connectivity index (χ3n) is 9.17. The van der Waals surface area contributed by atoms with Gasteiger partial charge in [-0.3, -0.25) is 18.7 Å². The zero-order chi connectivity index (χ0) is 44.0. The summed E-state index contributed by atoms with van der Waals surface area (Å²) in [5, 5.41) is 12.4. The first-order valence-corrected chi connectivity index (χ1v) is 23.0. The van der Waals surface area contributed by atoms with Gasteiger partial charge in [0.1, 0.15) is 24.0 Å². The van der Waals surface area contributed by atoms with E-state index in [4.69, 9.17) is 10.5 Å². The van der Waals surface area contributed by atoms with Gasteiger partial charge in [0.25, 0.3) is 0 Å². The SMILES string of the molecule is CC(C)CN(C[C@@H](O)[C@H](Cc1ccccc1)N(C(=O)CN(Cc1cccc(F)c1)C(=O)OC(C)(C)C)[C@H](C(N)=O)C(C)(C)C)S(=O)(=O)c1ccc2nc(S(C)=O)sc2c1. The van der Waals surface area contributed by atoms with E-state index in [9.17, 15) is 36.5 Å². The summed E-state index contributed by atoms with van der Waals surface area (Å²) in [7, 11) is -5.69. The molecule has 0 saturated carbocycles. The summed E-state index contributed by atoms with van der Waals surface area (Å²) in [6, 6.07) is 16.2. The molecule has 0 aliphatic heterocycles. The lowest BCUT2D eigenvalue weighted by molar-refractivity contribution is -0.151. The molecule has 0 fully saturated rings. The van der Waals surface area contributed by atoms with E-state index >= 15 is 0 Å². The highest BCUT2D eigenvalue weighted by Gasteiger charge is 2.45. The predicted octanol–water partition coefficient (Wildman–Crippen LogP) is 5.96. The molecule has 17 heteroatoms. The highest BCUT2D eigenvalue weighted by Crippen LogP contribution is 2.32. The number of aliphatic hydroxyl groups is 1. The van der Waals surface area contributed by atoms with Crippen molar-refractivity contribution in [3.63, 3.8) is 0 Å². The van der Waals surface area contributed by atoms with Crippen LogP contribution in [0.25, 0.3) is 10.2 Å². The predicted molar refractivity (Wildman–Crippen MR) is 228 cm³/mol. The average Bonchev–Trinajstić information content (AvgIpc) is 3.55. The fraction of sp³-hybridized carbons (Fsp3) is 0.476. The number of hydrogen-bond acceptors (Lipinski definition) is 10. The van der Waals surface area contributed by atoms with Gasteiger partial charge in [-0.25, -0.2) is 22.6 Å². The van der Waals surface area contributed by atoms with E-state index < -0.39 is 86.8 Å². The van der Waals surface area contributed by atoms with Crippen LogP contribution < -0.4 is 5.73 Å². The first kappa shape index (κ1) is 47.4. The molecule has 4 aromatic rings. The Labute approximate surface area is 353 Å². The molecule has 322 valence electrons. The molecule has 13 nitrogen and oxygen atoms in total. The van der Waals surface area contributed by atoms with Gasteiger partial charge in [0, 0.05) is 25.9 Å². The second-order valence-corrected chi connectivity index (χ2v) is 21.6. The molecular formula is C42H56FN5O8S3. The number of nitrogens with zero attached hydrogens (tertiary/aromatic N) is 4. The molecule has 4 rings (SSSR count). The van der Waals surface area contributed by atoms with Crippen molar-refractivity contribution in [3.8, 4) is 0 Å². The standard InChI is InChI=1S/C42H56FN5O8S3/c1-27(2)23-47(59(54,55)31-18-19-32-35(22-31)57-39(45-32)58(9)53)25-34(49)33(21-28-14-11-10-12-15-28)48(37(38(44)51)41(3,4)5)36(50)26-46(40(52)56-42(6,7)8)24-29-16-13-17-30(43)20-29/h10-20,22,27,33-34,37,49H,21,23-26H2,1-9H3,(H2,44,51)/t33-,34+,37+,58?/m0/s1. The van der Waals surface area contributed by atoms with E-state index in [0.717, 1.165) is 20.5 Å². The number of rotatable bonds is 17. The van der Waals surface area contributed by atoms with E-state index in [1.54, 1.807) is 84.0 Å². The van der Waals surface area contributed by atoms with Crippen LogP contribution in [0.3, 0.4) is 0 Å². The number of nitrogens with two attached hydrogens (primary N) is 1. The summed E-state index contributed by atoms with van der Waals surface area (Å²) in [6.45, 7) is 12.3. The van der Waals surface area contributed by atoms with Crippen LogP contribution in [0, 0.1) is 17.2 Å². The molecule has 0 saturated heterocycles. The van der Waals surface area contributed by atoms with Crippen LogP contribution in [0.15, 0.2) is 82.0 Å². The first-order chi connectivity index (χ1) is 27.4. The topological polar surface area (TPSA) is 181 Å². The monoisotopic (exact) mass is 873 g/mol. The summed E-state index contributed by atoms with van der Waals surface area (Å²) in [5.74, 6) is -2.44. The van der Waals surface area contributed by atoms with Crippen molar-refractivity contribution in [2.24, 2.45) is 17.1 Å². The Balaban J connectivity index is 1.85. The number of aromatic nitrogens is 1. The maximum Gasteiger partial charge on any atom is 0.411 e. The number of halogens is 1. The molecular weight excluding hydrogens is 818 g/mol. The van der Waals surface area contributed by atoms with Crippen LogP contribution in [0.2, 0.25) is 0 Å². The molecule has 3 aromatic carbocycles. The van der Waals surface area contributed by atoms with Gasteiger partial charge in [0.05, 0.1) is 38.1 Å². The number of carbonyl (C=O) groups excluding carboxylic acids is 3. The number of benzene rings is 3. The Hall–Kier alpha value is -4.29. The highest BCUT2D eigenvalue weighted by molar-refractivity contribution is 7.89. The van der Waals surface area contributed by atoms with Gasteiger partial charge in [0.2, 0.25) is 21.8 Å². The molecule has 1 heterocycles. The lowest BCUT2D eigenvalue weighted by Crippen LogP contribution is -2.64. The molecule has 0 radical (unpaired) electrons. The van der Waals surface area contributed by atoms with Gasteiger partial charge >= 0.3 is 6.09 Å². The number of ether oxygens (including phenoxy) is 1. The van der Waals surface area contributed by atoms with Crippen LogP contribution in [0.5, 0.6) is 0 Å². The molecule has 0 aliphatic rings. The quantitative estimate of drug-likeness (QED) is 0.130. The van der Waals surface area contributed by atoms with E-state index in [0.29, 0.717) is 25.7 Å². The molecule has 0 aliphatic carbocycles. The van der Waals surface area contributed by atoms with Gasteiger partial charge < -0.3 is 20.5 Å². The third kappa shape index (κ3) is 12.9. The second-order valence-electron chi connectivity index (χ2n) is 17.0. The molecule has 3 amide bonds. The van der Waals surface area contributed by atoms with Gasteiger partial charge in [-0.15, -0.1) is 11.3 Å². The fourth-order valence-corrected chi connectivity index (χ4v) is 10.1. The maximum absolute atomic E-state index is 15.0. The summed E-state index contributed by atoms with van der Waals surface area (Å²) < 4.78 is 63.2. The van der Waals surface area contributed by atoms with Gasteiger partial charge in [-0.05, 0) is 80.0 Å². The van der Waals surface area contributed by atoms with Crippen molar-refractivity contribution in [1.29, 1.82) is 0 Å². The lowest BCUT2D eigenvalue weighted by atomic mass is 9.83. The molecule has 3 N–H and O–H groups in total. The van der Waals surface area contributed by atoms with E-state index in [1.807, 2.05) is 13.8 Å². The molecule has 1 unspecified atom stereocenters. The normalized spacial score (nSPS) is 14.5. The molecule has 1 aromatic heterocycles. The minimum atomic E-state index is -4.32. The van der Waals surface area contributed by atoms with E-state index in [1.165, 1.54) is 41.5 Å². The summed E-state index contributed by atoms with van der Waals surface area (Å²) in [6.07, 6.45) is -1.05. The number of sulfonamides is 1. The number of primary amides is 1. The lowest BCUT2D eigenvalue weighted by Gasteiger charge is -2.45. The molecule has 59 heavy (non-hydrogen) atoms. The second kappa shape index (κ2) is 19.4. The van der Waals surface area contributed by atoms with Gasteiger partial charge in [-0.2, -0.15) is 4.31 Å². The Kier molecular flexibility index (Phi) is 15.6. The first-order valence-electron chi connectivity index (χ1n) is 19.2. The van der Waals surface area contributed by atoms with Crippen molar-refractivity contribution in [2.75, 3.05) is 25.9 Å². The van der Waals surface area contributed by atoms with E-state index in [2.05, 4.69) is 4.98 Å². The maximum atomic E-state index is 15.0. The largest absolute Gasteiger partial charge is 0.444 e. The molecule has 4 atom stereocenters. The van der Waals surface area contributed by atoms with Crippen molar-refractivity contribution < 1.29 is 41.2 Å². The Morgan fingerprint density at radius 1 is 0.949 bits per heavy atom. The zero-order valence-corrected chi connectivity index (χ0v) is 37.5. The number of fused-ring (bicyclic) bond motifs is 1. The van der Waals surface area contributed by atoms with Crippen LogP contribution in [0.4, 0.5) is 9.18 Å². The van der Waals surface area contributed by atoms with Crippen LogP contribution in [-0.2, 0) is 48.1 Å².